The summed E-state index contributed by atoms with van der Waals surface area (Å²) in [5, 5.41) is 22.4. The Kier molecular flexibility index (Phi) is 5.24. The van der Waals surface area contributed by atoms with Crippen molar-refractivity contribution >= 4 is 35.0 Å². The van der Waals surface area contributed by atoms with Crippen LogP contribution in [0.15, 0.2) is 48.0 Å². The van der Waals surface area contributed by atoms with Crippen molar-refractivity contribution in [2.45, 2.75) is 0 Å². The largest absolute Gasteiger partial charge is 0.321 e. The SMILES string of the molecule is N#C/C(=C\c1ccc(Cl)c([N+](=O)[O-])c1)C(=O)Nc1ccc(F)cc1. The first-order chi connectivity index (χ1) is 11.4. The number of nitriles is 1. The second-order valence-corrected chi connectivity index (χ2v) is 5.01. The summed E-state index contributed by atoms with van der Waals surface area (Å²) in [6.07, 6.45) is 1.20. The fourth-order valence-corrected chi connectivity index (χ4v) is 1.99. The third-order valence-electron chi connectivity index (χ3n) is 2.95. The fourth-order valence-electron chi connectivity index (χ4n) is 1.81. The summed E-state index contributed by atoms with van der Waals surface area (Å²) < 4.78 is 12.8. The zero-order valence-corrected chi connectivity index (χ0v) is 12.7. The van der Waals surface area contributed by atoms with E-state index in [1.165, 1.54) is 30.3 Å². The Hall–Kier alpha value is -3.24. The summed E-state index contributed by atoms with van der Waals surface area (Å²) >= 11 is 5.71. The van der Waals surface area contributed by atoms with Crippen molar-refractivity contribution in [3.8, 4) is 6.07 Å². The molecule has 120 valence electrons. The van der Waals surface area contributed by atoms with Gasteiger partial charge in [-0.25, -0.2) is 4.39 Å². The van der Waals surface area contributed by atoms with E-state index < -0.39 is 16.6 Å². The van der Waals surface area contributed by atoms with Crippen molar-refractivity contribution in [1.29, 1.82) is 5.26 Å². The molecule has 0 heterocycles. The van der Waals surface area contributed by atoms with E-state index >= 15 is 0 Å². The van der Waals surface area contributed by atoms with E-state index in [4.69, 9.17) is 16.9 Å². The molecule has 8 heteroatoms. The topological polar surface area (TPSA) is 96.0 Å². The van der Waals surface area contributed by atoms with Gasteiger partial charge < -0.3 is 5.32 Å². The number of hydrogen-bond acceptors (Lipinski definition) is 4. The first-order valence-corrected chi connectivity index (χ1v) is 6.91. The maximum Gasteiger partial charge on any atom is 0.288 e. The van der Waals surface area contributed by atoms with E-state index in [0.29, 0.717) is 5.69 Å². The van der Waals surface area contributed by atoms with Gasteiger partial charge in [0.1, 0.15) is 22.5 Å². The predicted octanol–water partition coefficient (Wildman–Crippen LogP) is 3.93. The van der Waals surface area contributed by atoms with Gasteiger partial charge in [-0.3, -0.25) is 14.9 Å². The molecule has 2 rings (SSSR count). The number of amides is 1. The second kappa shape index (κ2) is 7.35. The summed E-state index contributed by atoms with van der Waals surface area (Å²) in [7, 11) is 0. The van der Waals surface area contributed by atoms with Crippen LogP contribution in [-0.2, 0) is 4.79 Å². The van der Waals surface area contributed by atoms with Crippen LogP contribution >= 0.6 is 11.6 Å². The molecule has 2 aromatic rings. The number of nitrogens with one attached hydrogen (secondary N) is 1. The molecule has 0 aliphatic carbocycles. The lowest BCUT2D eigenvalue weighted by molar-refractivity contribution is -0.384. The van der Waals surface area contributed by atoms with Crippen LogP contribution in [0, 0.1) is 27.3 Å². The normalized spacial score (nSPS) is 10.8. The lowest BCUT2D eigenvalue weighted by Gasteiger charge is -2.04. The Morgan fingerprint density at radius 1 is 1.29 bits per heavy atom. The first kappa shape index (κ1) is 17.1. The number of nitro benzene ring substituents is 1. The minimum absolute atomic E-state index is 0.0496. The highest BCUT2D eigenvalue weighted by Crippen LogP contribution is 2.26. The molecule has 0 saturated carbocycles. The van der Waals surface area contributed by atoms with Gasteiger partial charge in [0.05, 0.1) is 4.92 Å². The van der Waals surface area contributed by atoms with E-state index in [9.17, 15) is 19.3 Å². The number of carbonyl (C=O) groups is 1. The number of anilines is 1. The van der Waals surface area contributed by atoms with Crippen LogP contribution in [0.1, 0.15) is 5.56 Å². The van der Waals surface area contributed by atoms with Crippen LogP contribution in [0.5, 0.6) is 0 Å². The van der Waals surface area contributed by atoms with Crippen LogP contribution in [0.25, 0.3) is 6.08 Å². The third kappa shape index (κ3) is 4.15. The van der Waals surface area contributed by atoms with E-state index in [-0.39, 0.29) is 21.8 Å². The summed E-state index contributed by atoms with van der Waals surface area (Å²) in [6, 6.07) is 10.6. The minimum atomic E-state index is -0.721. The molecular weight excluding hydrogens is 337 g/mol. The number of benzene rings is 2. The van der Waals surface area contributed by atoms with Crippen molar-refractivity contribution in [2.75, 3.05) is 5.32 Å². The lowest BCUT2D eigenvalue weighted by atomic mass is 10.1. The number of nitro groups is 1. The Balaban J connectivity index is 2.27. The summed E-state index contributed by atoms with van der Waals surface area (Å²) in [5.74, 6) is -1.18. The molecule has 1 N–H and O–H groups in total. The summed E-state index contributed by atoms with van der Waals surface area (Å²) in [6.45, 7) is 0. The molecule has 0 spiro atoms. The summed E-state index contributed by atoms with van der Waals surface area (Å²) in [4.78, 5) is 22.3. The lowest BCUT2D eigenvalue weighted by Crippen LogP contribution is -2.13. The molecule has 0 radical (unpaired) electrons. The molecule has 0 saturated heterocycles. The summed E-state index contributed by atoms with van der Waals surface area (Å²) in [5.41, 5.74) is -0.0147. The fraction of sp³-hybridized carbons (Fsp3) is 0. The van der Waals surface area contributed by atoms with E-state index in [1.54, 1.807) is 6.07 Å². The van der Waals surface area contributed by atoms with Crippen LogP contribution in [0.3, 0.4) is 0 Å². The molecule has 0 fully saturated rings. The first-order valence-electron chi connectivity index (χ1n) is 6.53. The van der Waals surface area contributed by atoms with Gasteiger partial charge in [0.2, 0.25) is 0 Å². The molecule has 2 aromatic carbocycles. The van der Waals surface area contributed by atoms with Gasteiger partial charge in [0, 0.05) is 11.8 Å². The van der Waals surface area contributed by atoms with E-state index in [0.717, 1.165) is 18.2 Å². The number of rotatable bonds is 4. The van der Waals surface area contributed by atoms with E-state index in [1.807, 2.05) is 0 Å². The molecule has 0 bridgehead atoms. The maximum atomic E-state index is 12.8. The van der Waals surface area contributed by atoms with Crippen molar-refractivity contribution in [3.05, 3.63) is 74.6 Å². The number of hydrogen-bond donors (Lipinski definition) is 1. The molecule has 0 aliphatic rings. The molecule has 24 heavy (non-hydrogen) atoms. The van der Waals surface area contributed by atoms with Crippen LogP contribution < -0.4 is 5.32 Å². The molecule has 0 atom stereocenters. The maximum absolute atomic E-state index is 12.8. The average molecular weight is 346 g/mol. The Morgan fingerprint density at radius 3 is 2.54 bits per heavy atom. The predicted molar refractivity (Wildman–Crippen MR) is 86.7 cm³/mol. The highest BCUT2D eigenvalue weighted by molar-refractivity contribution is 6.32. The van der Waals surface area contributed by atoms with Gasteiger partial charge in [-0.2, -0.15) is 5.26 Å². The Bertz CT molecular complexity index is 873. The number of halogens is 2. The van der Waals surface area contributed by atoms with Crippen molar-refractivity contribution in [1.82, 2.24) is 0 Å². The molecular formula is C16H9ClFN3O3. The van der Waals surface area contributed by atoms with Gasteiger partial charge in [0.15, 0.2) is 0 Å². The van der Waals surface area contributed by atoms with Crippen LogP contribution in [0.2, 0.25) is 5.02 Å². The molecule has 0 unspecified atom stereocenters. The van der Waals surface area contributed by atoms with Crippen molar-refractivity contribution in [3.63, 3.8) is 0 Å². The minimum Gasteiger partial charge on any atom is -0.321 e. The van der Waals surface area contributed by atoms with Gasteiger partial charge in [-0.05, 0) is 42.0 Å². The van der Waals surface area contributed by atoms with Crippen molar-refractivity contribution < 1.29 is 14.1 Å². The van der Waals surface area contributed by atoms with Crippen molar-refractivity contribution in [2.24, 2.45) is 0 Å². The average Bonchev–Trinajstić information content (AvgIpc) is 2.55. The van der Waals surface area contributed by atoms with Gasteiger partial charge in [-0.15, -0.1) is 0 Å². The quantitative estimate of drug-likeness (QED) is 0.393. The highest BCUT2D eigenvalue weighted by atomic mass is 35.5. The molecule has 0 aliphatic heterocycles. The monoisotopic (exact) mass is 345 g/mol. The van der Waals surface area contributed by atoms with Gasteiger partial charge >= 0.3 is 0 Å². The van der Waals surface area contributed by atoms with E-state index in [2.05, 4.69) is 5.32 Å². The molecule has 0 aromatic heterocycles. The number of carbonyl (C=O) groups excluding carboxylic acids is 1. The Morgan fingerprint density at radius 2 is 1.96 bits per heavy atom. The van der Waals surface area contributed by atoms with Gasteiger partial charge in [0.25, 0.3) is 11.6 Å². The van der Waals surface area contributed by atoms with Gasteiger partial charge in [-0.1, -0.05) is 17.7 Å². The smallest absolute Gasteiger partial charge is 0.288 e. The molecule has 1 amide bonds. The third-order valence-corrected chi connectivity index (χ3v) is 3.26. The standard InChI is InChI=1S/C16H9ClFN3O3/c17-14-6-1-10(8-15(14)21(23)24)7-11(9-19)16(22)20-13-4-2-12(18)3-5-13/h1-8H,(H,20,22)/b11-7+. The Labute approximate surface area is 140 Å². The zero-order chi connectivity index (χ0) is 17.7. The second-order valence-electron chi connectivity index (χ2n) is 4.60. The highest BCUT2D eigenvalue weighted by Gasteiger charge is 2.14. The van der Waals surface area contributed by atoms with Crippen LogP contribution in [0.4, 0.5) is 15.8 Å². The van der Waals surface area contributed by atoms with Crippen LogP contribution in [-0.4, -0.2) is 10.8 Å². The zero-order valence-electron chi connectivity index (χ0n) is 12.0. The number of nitrogens with zero attached hydrogens (tertiary/aromatic N) is 2. The molecule has 6 nitrogen and oxygen atoms in total.